The lowest BCUT2D eigenvalue weighted by Crippen LogP contribution is -2.66. The van der Waals surface area contributed by atoms with Gasteiger partial charge >= 0.3 is 35.8 Å². The minimum Gasteiger partial charge on any atom is -0.463 e. The Labute approximate surface area is 275 Å². The molecule has 0 aromatic heterocycles. The number of ether oxygens (including phenoxy) is 10. The highest BCUT2D eigenvalue weighted by Gasteiger charge is 2.56. The van der Waals surface area contributed by atoms with Crippen molar-refractivity contribution in [2.24, 2.45) is 0 Å². The summed E-state index contributed by atoms with van der Waals surface area (Å²) in [5.74, 6) is -4.72. The molecule has 1 N–H and O–H groups in total. The molecule has 0 bridgehead atoms. The summed E-state index contributed by atoms with van der Waals surface area (Å²) in [4.78, 5) is 72.3. The molecular formula is C31H40O17. The Balaban J connectivity index is 2.06. The van der Waals surface area contributed by atoms with Crippen molar-refractivity contribution in [3.63, 3.8) is 0 Å². The molecule has 48 heavy (non-hydrogen) atoms. The fraction of sp³-hybridized carbons (Fsp3) is 0.613. The van der Waals surface area contributed by atoms with Crippen LogP contribution in [0.4, 0.5) is 0 Å². The first-order chi connectivity index (χ1) is 22.7. The molecule has 2 aliphatic rings. The van der Waals surface area contributed by atoms with Crippen molar-refractivity contribution >= 4 is 35.8 Å². The Hall–Kier alpha value is -4.16. The molecule has 2 aliphatic heterocycles. The third kappa shape index (κ3) is 11.2. The monoisotopic (exact) mass is 684 g/mol. The quantitative estimate of drug-likeness (QED) is 0.218. The Morgan fingerprint density at radius 1 is 0.583 bits per heavy atom. The third-order valence-corrected chi connectivity index (χ3v) is 6.89. The van der Waals surface area contributed by atoms with E-state index in [1.165, 1.54) is 0 Å². The van der Waals surface area contributed by atoms with Gasteiger partial charge < -0.3 is 52.5 Å². The van der Waals surface area contributed by atoms with Gasteiger partial charge in [0.1, 0.15) is 31.5 Å². The normalized spacial score (nSPS) is 29.9. The maximum absolute atomic E-state index is 12.4. The number of aliphatic hydroxyl groups is 1. The molecule has 2 saturated heterocycles. The van der Waals surface area contributed by atoms with Crippen molar-refractivity contribution in [1.82, 2.24) is 0 Å². The summed E-state index contributed by atoms with van der Waals surface area (Å²) in [6.45, 7) is 5.54. The summed E-state index contributed by atoms with van der Waals surface area (Å²) in [5.41, 5.74) is 0.690. The van der Waals surface area contributed by atoms with Gasteiger partial charge in [0.2, 0.25) is 0 Å². The highest BCUT2D eigenvalue weighted by atomic mass is 16.8. The van der Waals surface area contributed by atoms with E-state index in [9.17, 15) is 33.9 Å². The fourth-order valence-corrected chi connectivity index (χ4v) is 5.12. The zero-order valence-electron chi connectivity index (χ0n) is 27.3. The van der Waals surface area contributed by atoms with E-state index in [1.54, 1.807) is 30.3 Å². The van der Waals surface area contributed by atoms with Gasteiger partial charge in [-0.3, -0.25) is 28.8 Å². The predicted molar refractivity (Wildman–Crippen MR) is 155 cm³/mol. The van der Waals surface area contributed by atoms with E-state index < -0.39 is 110 Å². The van der Waals surface area contributed by atoms with E-state index in [0.717, 1.165) is 41.5 Å². The van der Waals surface area contributed by atoms with E-state index in [4.69, 9.17) is 47.4 Å². The van der Waals surface area contributed by atoms with Gasteiger partial charge in [0.15, 0.2) is 43.1 Å². The molecular weight excluding hydrogens is 644 g/mol. The van der Waals surface area contributed by atoms with Gasteiger partial charge in [-0.25, -0.2) is 0 Å². The molecule has 266 valence electrons. The average molecular weight is 685 g/mol. The minimum absolute atomic E-state index is 0.0777. The second-order valence-electron chi connectivity index (χ2n) is 10.9. The van der Waals surface area contributed by atoms with Crippen LogP contribution in [0.1, 0.15) is 47.1 Å². The highest BCUT2D eigenvalue weighted by molar-refractivity contribution is 5.68. The number of aliphatic hydroxyl groups excluding tert-OH is 1. The SMILES string of the molecule is CC(=O)OC[C@H]1O[C@H](O)[C@H](O[C@@H]2O[C@H](COC(C)=O)[C@@H](OC(C)=O)[C@H](OCc3ccccc3)[C@@H]2OC(C)=O)[C@H](OC(C)=O)[C@H]1OC(C)=O. The summed E-state index contributed by atoms with van der Waals surface area (Å²) in [6, 6.07) is 8.83. The van der Waals surface area contributed by atoms with Gasteiger partial charge in [-0.15, -0.1) is 0 Å². The Kier molecular flexibility index (Phi) is 14.2. The molecule has 10 atom stereocenters. The highest BCUT2D eigenvalue weighted by Crippen LogP contribution is 2.35. The van der Waals surface area contributed by atoms with Crippen LogP contribution >= 0.6 is 0 Å². The molecule has 3 rings (SSSR count). The van der Waals surface area contributed by atoms with Crippen molar-refractivity contribution in [3.05, 3.63) is 35.9 Å². The third-order valence-electron chi connectivity index (χ3n) is 6.89. The van der Waals surface area contributed by atoms with Gasteiger partial charge in [-0.2, -0.15) is 0 Å². The Bertz CT molecular complexity index is 1280. The maximum atomic E-state index is 12.4. The molecule has 0 radical (unpaired) electrons. The smallest absolute Gasteiger partial charge is 0.303 e. The summed E-state index contributed by atoms with van der Waals surface area (Å²) < 4.78 is 56.0. The number of benzene rings is 1. The van der Waals surface area contributed by atoms with Gasteiger partial charge in [-0.1, -0.05) is 30.3 Å². The summed E-state index contributed by atoms with van der Waals surface area (Å²) in [5, 5.41) is 11.1. The number of hydrogen-bond acceptors (Lipinski definition) is 17. The van der Waals surface area contributed by atoms with Crippen LogP contribution in [0, 0.1) is 0 Å². The van der Waals surface area contributed by atoms with E-state index in [0.29, 0.717) is 5.56 Å². The summed E-state index contributed by atoms with van der Waals surface area (Å²) in [6.07, 6.45) is -15.2. The topological polar surface area (TPSA) is 215 Å². The number of esters is 6. The van der Waals surface area contributed by atoms with Crippen molar-refractivity contribution in [3.8, 4) is 0 Å². The van der Waals surface area contributed by atoms with Crippen molar-refractivity contribution in [1.29, 1.82) is 0 Å². The maximum Gasteiger partial charge on any atom is 0.303 e. The lowest BCUT2D eigenvalue weighted by molar-refractivity contribution is -0.365. The van der Waals surface area contributed by atoms with E-state index in [-0.39, 0.29) is 6.61 Å². The largest absolute Gasteiger partial charge is 0.463 e. The van der Waals surface area contributed by atoms with Gasteiger partial charge in [0, 0.05) is 41.5 Å². The van der Waals surface area contributed by atoms with Crippen LogP contribution in [-0.2, 0) is 82.7 Å². The van der Waals surface area contributed by atoms with Crippen molar-refractivity contribution in [2.45, 2.75) is 110 Å². The first-order valence-electron chi connectivity index (χ1n) is 14.9. The number of carbonyl (C=O) groups excluding carboxylic acids is 6. The Morgan fingerprint density at radius 3 is 1.54 bits per heavy atom. The second-order valence-corrected chi connectivity index (χ2v) is 10.9. The minimum atomic E-state index is -1.94. The molecule has 17 heteroatoms. The van der Waals surface area contributed by atoms with Crippen LogP contribution in [-0.4, -0.2) is 116 Å². The average Bonchev–Trinajstić information content (AvgIpc) is 2.98. The van der Waals surface area contributed by atoms with E-state index in [2.05, 4.69) is 0 Å². The van der Waals surface area contributed by atoms with Crippen LogP contribution < -0.4 is 0 Å². The molecule has 0 saturated carbocycles. The molecule has 2 heterocycles. The number of hydrogen-bond donors (Lipinski definition) is 1. The van der Waals surface area contributed by atoms with Crippen molar-refractivity contribution in [2.75, 3.05) is 13.2 Å². The fourth-order valence-electron chi connectivity index (χ4n) is 5.12. The van der Waals surface area contributed by atoms with Crippen LogP contribution in [0.3, 0.4) is 0 Å². The molecule has 0 unspecified atom stereocenters. The predicted octanol–water partition coefficient (Wildman–Crippen LogP) is 0.252. The molecule has 1 aromatic carbocycles. The van der Waals surface area contributed by atoms with Gasteiger partial charge in [0.05, 0.1) is 6.61 Å². The molecule has 1 aromatic rings. The molecule has 2 fully saturated rings. The van der Waals surface area contributed by atoms with E-state index >= 15 is 0 Å². The lowest BCUT2D eigenvalue weighted by atomic mass is 9.96. The van der Waals surface area contributed by atoms with Crippen LogP contribution in [0.25, 0.3) is 0 Å². The van der Waals surface area contributed by atoms with Crippen molar-refractivity contribution < 1.29 is 81.2 Å². The zero-order valence-corrected chi connectivity index (χ0v) is 27.3. The molecule has 0 amide bonds. The zero-order chi connectivity index (χ0) is 35.5. The van der Waals surface area contributed by atoms with Crippen LogP contribution in [0.5, 0.6) is 0 Å². The van der Waals surface area contributed by atoms with Gasteiger partial charge in [0.25, 0.3) is 0 Å². The standard InChI is InChI=1S/C31H40O17/c1-15(32)39-13-22-25(43-18(4)35)27(44-19(5)36)28(30(38)46-22)48-31-29(45-20(6)37)26(41-12-21-10-8-7-9-11-21)24(42-17(3)34)23(47-31)14-40-16(2)33/h7-11,22-31,38H,12-14H2,1-6H3/t22-,23-,24-,25+,26+,27-,28-,29+,30+,31+/m1/s1. The first kappa shape index (κ1) is 38.3. The summed E-state index contributed by atoms with van der Waals surface area (Å²) >= 11 is 0. The lowest BCUT2D eigenvalue weighted by Gasteiger charge is -2.48. The second kappa shape index (κ2) is 17.8. The Morgan fingerprint density at radius 2 is 1.04 bits per heavy atom. The molecule has 0 aliphatic carbocycles. The van der Waals surface area contributed by atoms with Gasteiger partial charge in [-0.05, 0) is 5.56 Å². The number of rotatable bonds is 13. The first-order valence-corrected chi connectivity index (χ1v) is 14.9. The molecule has 17 nitrogen and oxygen atoms in total. The summed E-state index contributed by atoms with van der Waals surface area (Å²) in [7, 11) is 0. The van der Waals surface area contributed by atoms with Crippen LogP contribution in [0.15, 0.2) is 30.3 Å². The van der Waals surface area contributed by atoms with E-state index in [1.807, 2.05) is 0 Å². The molecule has 0 spiro atoms. The number of carbonyl (C=O) groups is 6. The van der Waals surface area contributed by atoms with Crippen LogP contribution in [0.2, 0.25) is 0 Å².